The number of nitrogens with one attached hydrogen (secondary N) is 1. The van der Waals surface area contributed by atoms with Gasteiger partial charge >= 0.3 is 0 Å². The van der Waals surface area contributed by atoms with Crippen molar-refractivity contribution in [2.45, 2.75) is 52.1 Å². The van der Waals surface area contributed by atoms with Gasteiger partial charge in [-0.15, -0.1) is 0 Å². The van der Waals surface area contributed by atoms with Gasteiger partial charge in [-0.05, 0) is 49.7 Å². The zero-order chi connectivity index (χ0) is 13.9. The van der Waals surface area contributed by atoms with Gasteiger partial charge in [-0.2, -0.15) is 0 Å². The first-order chi connectivity index (χ1) is 9.70. The maximum atomic E-state index is 4.87. The molecule has 0 atom stereocenters. The van der Waals surface area contributed by atoms with Crippen LogP contribution in [-0.2, 0) is 6.54 Å². The molecule has 1 aromatic heterocycles. The number of anilines is 1. The smallest absolute Gasteiger partial charge is 0.128 e. The van der Waals surface area contributed by atoms with Crippen molar-refractivity contribution >= 4 is 5.82 Å². The fraction of sp³-hybridized carbons (Fsp3) is 0.706. The van der Waals surface area contributed by atoms with E-state index in [1.165, 1.54) is 44.6 Å². The van der Waals surface area contributed by atoms with Crippen LogP contribution in [0.4, 0.5) is 5.82 Å². The van der Waals surface area contributed by atoms with Crippen LogP contribution < -0.4 is 10.2 Å². The highest BCUT2D eigenvalue weighted by molar-refractivity contribution is 5.40. The Morgan fingerprint density at radius 3 is 2.35 bits per heavy atom. The van der Waals surface area contributed by atoms with E-state index >= 15 is 0 Å². The van der Waals surface area contributed by atoms with Crippen LogP contribution in [0.1, 0.15) is 45.2 Å². The molecule has 2 aliphatic rings. The standard InChI is InChI=1S/C17H27N3/c1-13(2)18-10-16-4-3-5-17(19-16)20(11-14-6-7-14)12-15-8-9-15/h3-5,13-15,18H,6-12H2,1-2H3. The molecule has 0 saturated heterocycles. The van der Waals surface area contributed by atoms with Crippen molar-refractivity contribution in [2.24, 2.45) is 11.8 Å². The molecule has 0 bridgehead atoms. The van der Waals surface area contributed by atoms with E-state index in [0.29, 0.717) is 6.04 Å². The van der Waals surface area contributed by atoms with Gasteiger partial charge in [0.25, 0.3) is 0 Å². The van der Waals surface area contributed by atoms with Crippen molar-refractivity contribution in [2.75, 3.05) is 18.0 Å². The highest BCUT2D eigenvalue weighted by Crippen LogP contribution is 2.35. The molecule has 3 rings (SSSR count). The number of hydrogen-bond donors (Lipinski definition) is 1. The van der Waals surface area contributed by atoms with Crippen LogP contribution in [0.5, 0.6) is 0 Å². The van der Waals surface area contributed by atoms with Crippen molar-refractivity contribution < 1.29 is 0 Å². The molecular formula is C17H27N3. The van der Waals surface area contributed by atoms with E-state index in [2.05, 4.69) is 42.3 Å². The summed E-state index contributed by atoms with van der Waals surface area (Å²) in [5.41, 5.74) is 1.16. The SMILES string of the molecule is CC(C)NCc1cccc(N(CC2CC2)CC2CC2)n1. The number of pyridine rings is 1. The molecular weight excluding hydrogens is 246 g/mol. The van der Waals surface area contributed by atoms with E-state index in [1.54, 1.807) is 0 Å². The molecule has 0 amide bonds. The van der Waals surface area contributed by atoms with Gasteiger partial charge in [0.1, 0.15) is 5.82 Å². The third kappa shape index (κ3) is 4.20. The molecule has 20 heavy (non-hydrogen) atoms. The van der Waals surface area contributed by atoms with Gasteiger partial charge in [-0.1, -0.05) is 19.9 Å². The Balaban J connectivity index is 1.66. The van der Waals surface area contributed by atoms with Gasteiger partial charge in [0.15, 0.2) is 0 Å². The average molecular weight is 273 g/mol. The molecule has 1 heterocycles. The second kappa shape index (κ2) is 6.13. The zero-order valence-electron chi connectivity index (χ0n) is 12.8. The molecule has 1 N–H and O–H groups in total. The van der Waals surface area contributed by atoms with Gasteiger partial charge in [0.2, 0.25) is 0 Å². The normalized spacial score (nSPS) is 18.6. The summed E-state index contributed by atoms with van der Waals surface area (Å²) in [4.78, 5) is 7.41. The Hall–Kier alpha value is -1.09. The Morgan fingerprint density at radius 1 is 1.15 bits per heavy atom. The van der Waals surface area contributed by atoms with Gasteiger partial charge < -0.3 is 10.2 Å². The predicted octanol–water partition coefficient (Wildman–Crippen LogP) is 3.21. The lowest BCUT2D eigenvalue weighted by Crippen LogP contribution is -2.29. The lowest BCUT2D eigenvalue weighted by Gasteiger charge is -2.24. The van der Waals surface area contributed by atoms with Crippen LogP contribution in [0.2, 0.25) is 0 Å². The molecule has 2 fully saturated rings. The topological polar surface area (TPSA) is 28.2 Å². The first-order valence-corrected chi connectivity index (χ1v) is 8.15. The summed E-state index contributed by atoms with van der Waals surface area (Å²) in [5.74, 6) is 3.04. The van der Waals surface area contributed by atoms with Crippen LogP contribution in [0, 0.1) is 11.8 Å². The van der Waals surface area contributed by atoms with Crippen LogP contribution in [0.15, 0.2) is 18.2 Å². The summed E-state index contributed by atoms with van der Waals surface area (Å²) in [6.07, 6.45) is 5.65. The molecule has 0 spiro atoms. The van der Waals surface area contributed by atoms with Crippen LogP contribution >= 0.6 is 0 Å². The van der Waals surface area contributed by atoms with Crippen molar-refractivity contribution in [1.82, 2.24) is 10.3 Å². The third-order valence-corrected chi connectivity index (χ3v) is 4.16. The molecule has 0 aliphatic heterocycles. The van der Waals surface area contributed by atoms with Crippen molar-refractivity contribution in [3.05, 3.63) is 23.9 Å². The Morgan fingerprint density at radius 2 is 1.80 bits per heavy atom. The molecule has 0 unspecified atom stereocenters. The minimum absolute atomic E-state index is 0.509. The monoisotopic (exact) mass is 273 g/mol. The molecule has 0 radical (unpaired) electrons. The highest BCUT2D eigenvalue weighted by Gasteiger charge is 2.29. The molecule has 110 valence electrons. The summed E-state index contributed by atoms with van der Waals surface area (Å²) in [5, 5.41) is 3.45. The number of rotatable bonds is 8. The van der Waals surface area contributed by atoms with E-state index in [4.69, 9.17) is 4.98 Å². The summed E-state index contributed by atoms with van der Waals surface area (Å²) in [6, 6.07) is 6.98. The van der Waals surface area contributed by atoms with Crippen molar-refractivity contribution in [3.63, 3.8) is 0 Å². The van der Waals surface area contributed by atoms with Crippen LogP contribution in [-0.4, -0.2) is 24.1 Å². The van der Waals surface area contributed by atoms with Gasteiger partial charge in [0.05, 0.1) is 5.69 Å². The maximum Gasteiger partial charge on any atom is 0.128 e. The van der Waals surface area contributed by atoms with Gasteiger partial charge in [0, 0.05) is 25.7 Å². The third-order valence-electron chi connectivity index (χ3n) is 4.16. The summed E-state index contributed by atoms with van der Waals surface area (Å²) in [7, 11) is 0. The summed E-state index contributed by atoms with van der Waals surface area (Å²) in [6.45, 7) is 7.65. The molecule has 2 saturated carbocycles. The van der Waals surface area contributed by atoms with Gasteiger partial charge in [-0.3, -0.25) is 0 Å². The zero-order valence-corrected chi connectivity index (χ0v) is 12.8. The predicted molar refractivity (Wildman–Crippen MR) is 83.9 cm³/mol. The first kappa shape index (κ1) is 13.9. The maximum absolute atomic E-state index is 4.87. The Kier molecular flexibility index (Phi) is 4.25. The molecule has 2 aliphatic carbocycles. The quantitative estimate of drug-likeness (QED) is 0.788. The second-order valence-corrected chi connectivity index (χ2v) is 6.81. The highest BCUT2D eigenvalue weighted by atomic mass is 15.2. The van der Waals surface area contributed by atoms with Gasteiger partial charge in [-0.25, -0.2) is 4.98 Å². The number of nitrogens with zero attached hydrogens (tertiary/aromatic N) is 2. The van der Waals surface area contributed by atoms with Crippen LogP contribution in [0.25, 0.3) is 0 Å². The molecule has 1 aromatic rings. The minimum atomic E-state index is 0.509. The number of hydrogen-bond acceptors (Lipinski definition) is 3. The Bertz CT molecular complexity index is 422. The van der Waals surface area contributed by atoms with E-state index < -0.39 is 0 Å². The molecule has 0 aromatic carbocycles. The second-order valence-electron chi connectivity index (χ2n) is 6.81. The van der Waals surface area contributed by atoms with E-state index in [0.717, 1.165) is 24.1 Å². The van der Waals surface area contributed by atoms with E-state index in [-0.39, 0.29) is 0 Å². The summed E-state index contributed by atoms with van der Waals surface area (Å²) >= 11 is 0. The minimum Gasteiger partial charge on any atom is -0.356 e. The van der Waals surface area contributed by atoms with Crippen molar-refractivity contribution in [1.29, 1.82) is 0 Å². The van der Waals surface area contributed by atoms with E-state index in [9.17, 15) is 0 Å². The lowest BCUT2D eigenvalue weighted by molar-refractivity contribution is 0.580. The lowest BCUT2D eigenvalue weighted by atomic mass is 10.2. The fourth-order valence-electron chi connectivity index (χ4n) is 2.54. The Labute approximate surface area is 122 Å². The largest absolute Gasteiger partial charge is 0.356 e. The van der Waals surface area contributed by atoms with E-state index in [1.807, 2.05) is 0 Å². The molecule has 3 heteroatoms. The number of aromatic nitrogens is 1. The van der Waals surface area contributed by atoms with Crippen LogP contribution in [0.3, 0.4) is 0 Å². The average Bonchev–Trinajstić information content (AvgIpc) is 3.31. The first-order valence-electron chi connectivity index (χ1n) is 8.15. The summed E-state index contributed by atoms with van der Waals surface area (Å²) < 4.78 is 0. The molecule has 3 nitrogen and oxygen atoms in total. The van der Waals surface area contributed by atoms with Crippen molar-refractivity contribution in [3.8, 4) is 0 Å². The fourth-order valence-corrected chi connectivity index (χ4v) is 2.54.